The van der Waals surface area contributed by atoms with E-state index in [4.69, 9.17) is 16.7 Å². The normalized spacial score (nSPS) is 12.8. The van der Waals surface area contributed by atoms with Crippen LogP contribution in [0.5, 0.6) is 0 Å². The number of amides is 1. The molecule has 0 aromatic rings. The molecule has 0 saturated carbocycles. The van der Waals surface area contributed by atoms with E-state index in [0.29, 0.717) is 12.8 Å². The molecule has 0 aliphatic heterocycles. The van der Waals surface area contributed by atoms with E-state index < -0.39 is 0 Å². The predicted octanol–water partition coefficient (Wildman–Crippen LogP) is 0.147. The van der Waals surface area contributed by atoms with Gasteiger partial charge in [-0.25, -0.2) is 0 Å². The largest absolute Gasteiger partial charge is 0.409 e. The third kappa shape index (κ3) is 8.05. The number of carbonyl (C=O) groups excluding carboxylic acids is 1. The number of amidine groups is 1. The highest BCUT2D eigenvalue weighted by Crippen LogP contribution is 2.07. The monoisotopic (exact) mass is 230 g/mol. The lowest BCUT2D eigenvalue weighted by Crippen LogP contribution is -2.43. The van der Waals surface area contributed by atoms with E-state index in [1.54, 1.807) is 0 Å². The van der Waals surface area contributed by atoms with Crippen LogP contribution in [0.25, 0.3) is 0 Å². The summed E-state index contributed by atoms with van der Waals surface area (Å²) in [5.74, 6) is -0.0643. The Balaban J connectivity index is 3.61. The Morgan fingerprint density at radius 3 is 2.50 bits per heavy atom. The predicted molar refractivity (Wildman–Crippen MR) is 63.2 cm³/mol. The fourth-order valence-corrected chi connectivity index (χ4v) is 1.41. The van der Waals surface area contributed by atoms with E-state index in [1.165, 1.54) is 0 Å². The summed E-state index contributed by atoms with van der Waals surface area (Å²) in [7, 11) is 0. The first-order valence-corrected chi connectivity index (χ1v) is 5.37. The first-order valence-electron chi connectivity index (χ1n) is 5.37. The SMILES string of the molecule is CC(C)(CC(N)=O)NCCCCC(N)=NO. The molecule has 0 rings (SSSR count). The molecule has 0 unspecified atom stereocenters. The van der Waals surface area contributed by atoms with Crippen molar-refractivity contribution in [2.75, 3.05) is 6.54 Å². The Bertz CT molecular complexity index is 251. The number of carbonyl (C=O) groups is 1. The van der Waals surface area contributed by atoms with Gasteiger partial charge in [0.1, 0.15) is 5.84 Å². The fraction of sp³-hybridized carbons (Fsp3) is 0.800. The molecule has 1 amide bonds. The van der Waals surface area contributed by atoms with Crippen LogP contribution >= 0.6 is 0 Å². The van der Waals surface area contributed by atoms with Gasteiger partial charge in [-0.05, 0) is 33.2 Å². The van der Waals surface area contributed by atoms with Crippen LogP contribution in [-0.4, -0.2) is 29.0 Å². The zero-order chi connectivity index (χ0) is 12.6. The van der Waals surface area contributed by atoms with Crippen molar-refractivity contribution < 1.29 is 10.0 Å². The molecule has 0 aliphatic rings. The minimum atomic E-state index is -0.311. The number of hydrogen-bond acceptors (Lipinski definition) is 4. The molecular weight excluding hydrogens is 208 g/mol. The van der Waals surface area contributed by atoms with Gasteiger partial charge in [-0.1, -0.05) is 5.16 Å². The summed E-state index contributed by atoms with van der Waals surface area (Å²) in [6.45, 7) is 4.64. The molecule has 0 fully saturated rings. The second kappa shape index (κ2) is 7.05. The Morgan fingerprint density at radius 2 is 2.00 bits per heavy atom. The standard InChI is InChI=1S/C10H22N4O2/c1-10(2,7-9(12)15)13-6-4-3-5-8(11)14-16/h13,16H,3-7H2,1-2H3,(H2,11,14)(H2,12,15). The second-order valence-electron chi connectivity index (χ2n) is 4.50. The zero-order valence-electron chi connectivity index (χ0n) is 9.99. The highest BCUT2D eigenvalue weighted by molar-refractivity contribution is 5.79. The van der Waals surface area contributed by atoms with Crippen LogP contribution in [0.2, 0.25) is 0 Å². The molecule has 6 heteroatoms. The van der Waals surface area contributed by atoms with E-state index >= 15 is 0 Å². The first kappa shape index (κ1) is 14.7. The van der Waals surface area contributed by atoms with Crippen LogP contribution in [-0.2, 0) is 4.79 Å². The summed E-state index contributed by atoms with van der Waals surface area (Å²) >= 11 is 0. The number of nitrogens with two attached hydrogens (primary N) is 2. The lowest BCUT2D eigenvalue weighted by atomic mass is 10.00. The van der Waals surface area contributed by atoms with Crippen molar-refractivity contribution in [3.63, 3.8) is 0 Å². The number of oxime groups is 1. The molecule has 0 spiro atoms. The van der Waals surface area contributed by atoms with Gasteiger partial charge >= 0.3 is 0 Å². The highest BCUT2D eigenvalue weighted by Gasteiger charge is 2.18. The van der Waals surface area contributed by atoms with E-state index in [2.05, 4.69) is 10.5 Å². The fourth-order valence-electron chi connectivity index (χ4n) is 1.41. The maximum absolute atomic E-state index is 10.8. The molecule has 0 bridgehead atoms. The lowest BCUT2D eigenvalue weighted by molar-refractivity contribution is -0.119. The Labute approximate surface area is 96.1 Å². The topological polar surface area (TPSA) is 114 Å². The quantitative estimate of drug-likeness (QED) is 0.156. The number of hydrogen-bond donors (Lipinski definition) is 4. The minimum absolute atomic E-state index is 0.247. The smallest absolute Gasteiger partial charge is 0.219 e. The molecule has 0 aromatic carbocycles. The third-order valence-electron chi connectivity index (χ3n) is 2.21. The maximum atomic E-state index is 10.8. The lowest BCUT2D eigenvalue weighted by Gasteiger charge is -2.24. The summed E-state index contributed by atoms with van der Waals surface area (Å²) in [6.07, 6.45) is 2.63. The van der Waals surface area contributed by atoms with E-state index in [0.717, 1.165) is 19.4 Å². The van der Waals surface area contributed by atoms with Crippen molar-refractivity contribution in [3.05, 3.63) is 0 Å². The van der Waals surface area contributed by atoms with E-state index in [9.17, 15) is 4.79 Å². The van der Waals surface area contributed by atoms with Crippen LogP contribution in [0.1, 0.15) is 39.5 Å². The summed E-state index contributed by atoms with van der Waals surface area (Å²) in [6, 6.07) is 0. The number of rotatable bonds is 8. The van der Waals surface area contributed by atoms with Crippen molar-refractivity contribution >= 4 is 11.7 Å². The summed E-state index contributed by atoms with van der Waals surface area (Å²) in [5.41, 5.74) is 10.2. The van der Waals surface area contributed by atoms with Gasteiger partial charge in [0, 0.05) is 18.4 Å². The highest BCUT2D eigenvalue weighted by atomic mass is 16.4. The van der Waals surface area contributed by atoms with Gasteiger partial charge in [-0.3, -0.25) is 4.79 Å². The first-order chi connectivity index (χ1) is 7.37. The minimum Gasteiger partial charge on any atom is -0.409 e. The van der Waals surface area contributed by atoms with Gasteiger partial charge in [0.25, 0.3) is 0 Å². The molecule has 6 N–H and O–H groups in total. The molecule has 0 heterocycles. The number of unbranched alkanes of at least 4 members (excludes halogenated alkanes) is 1. The molecule has 6 nitrogen and oxygen atoms in total. The van der Waals surface area contributed by atoms with Crippen molar-refractivity contribution in [1.82, 2.24) is 5.32 Å². The third-order valence-corrected chi connectivity index (χ3v) is 2.21. The summed E-state index contributed by atoms with van der Waals surface area (Å²) < 4.78 is 0. The molecule has 16 heavy (non-hydrogen) atoms. The number of nitrogens with zero attached hydrogens (tertiary/aromatic N) is 1. The van der Waals surface area contributed by atoms with Crippen molar-refractivity contribution in [3.8, 4) is 0 Å². The molecule has 0 aliphatic carbocycles. The Morgan fingerprint density at radius 1 is 1.38 bits per heavy atom. The molecule has 0 radical (unpaired) electrons. The number of nitrogens with one attached hydrogen (secondary N) is 1. The van der Waals surface area contributed by atoms with Crippen molar-refractivity contribution in [2.45, 2.75) is 45.1 Å². The van der Waals surface area contributed by atoms with Crippen LogP contribution in [0.4, 0.5) is 0 Å². The van der Waals surface area contributed by atoms with Crippen molar-refractivity contribution in [1.29, 1.82) is 0 Å². The average molecular weight is 230 g/mol. The summed E-state index contributed by atoms with van der Waals surface area (Å²) in [4.78, 5) is 10.8. The van der Waals surface area contributed by atoms with Crippen LogP contribution in [0, 0.1) is 0 Å². The molecule has 94 valence electrons. The van der Waals surface area contributed by atoms with Gasteiger partial charge in [0.2, 0.25) is 5.91 Å². The molecule has 0 aromatic heterocycles. The van der Waals surface area contributed by atoms with Gasteiger partial charge < -0.3 is 22.0 Å². The van der Waals surface area contributed by atoms with Crippen LogP contribution in [0.15, 0.2) is 5.16 Å². The van der Waals surface area contributed by atoms with Crippen LogP contribution in [0.3, 0.4) is 0 Å². The zero-order valence-corrected chi connectivity index (χ0v) is 9.99. The van der Waals surface area contributed by atoms with E-state index in [-0.39, 0.29) is 17.3 Å². The van der Waals surface area contributed by atoms with Gasteiger partial charge in [0.05, 0.1) is 0 Å². The van der Waals surface area contributed by atoms with Crippen LogP contribution < -0.4 is 16.8 Å². The van der Waals surface area contributed by atoms with E-state index in [1.807, 2.05) is 13.8 Å². The molecule has 0 saturated heterocycles. The van der Waals surface area contributed by atoms with Gasteiger partial charge in [-0.2, -0.15) is 0 Å². The van der Waals surface area contributed by atoms with Gasteiger partial charge in [0.15, 0.2) is 0 Å². The molecule has 0 atom stereocenters. The Hall–Kier alpha value is -1.30. The summed E-state index contributed by atoms with van der Waals surface area (Å²) in [5, 5.41) is 14.4. The Kier molecular flexibility index (Phi) is 6.48. The molecular formula is C10H22N4O2. The van der Waals surface area contributed by atoms with Crippen molar-refractivity contribution in [2.24, 2.45) is 16.6 Å². The number of primary amides is 1. The maximum Gasteiger partial charge on any atom is 0.219 e. The van der Waals surface area contributed by atoms with Gasteiger partial charge in [-0.15, -0.1) is 0 Å². The average Bonchev–Trinajstić information content (AvgIpc) is 2.14. The second-order valence-corrected chi connectivity index (χ2v) is 4.50.